The van der Waals surface area contributed by atoms with Crippen molar-refractivity contribution in [3.8, 4) is 11.4 Å². The normalized spacial score (nSPS) is 10.5. The fourth-order valence-corrected chi connectivity index (χ4v) is 6.44. The van der Waals surface area contributed by atoms with E-state index in [2.05, 4.69) is 10.3 Å². The van der Waals surface area contributed by atoms with E-state index in [1.165, 1.54) is 42.7 Å². The maximum Gasteiger partial charge on any atom is 1.00 e. The first-order chi connectivity index (χ1) is 27.2. The number of hydrogen-bond donors (Lipinski definition) is 3. The zero-order chi connectivity index (χ0) is 41.4. The second-order valence-electron chi connectivity index (χ2n) is 12.7. The Kier molecular flexibility index (Phi) is 20.5. The summed E-state index contributed by atoms with van der Waals surface area (Å²) in [6.45, 7) is -0.139. The molecule has 0 amide bonds. The van der Waals surface area contributed by atoms with Gasteiger partial charge >= 0.3 is 40.9 Å². The summed E-state index contributed by atoms with van der Waals surface area (Å²) in [7, 11) is 5.05. The van der Waals surface area contributed by atoms with Crippen LogP contribution in [0.15, 0.2) is 121 Å². The molecule has 2 heterocycles. The summed E-state index contributed by atoms with van der Waals surface area (Å²) >= 11 is 3.97. The zero-order valence-corrected chi connectivity index (χ0v) is 38.8. The number of aliphatic imine (C=N–C) groups is 1. The van der Waals surface area contributed by atoms with Crippen LogP contribution in [0.1, 0.15) is 31.1 Å². The molecule has 0 unspecified atom stereocenters. The molecule has 0 aliphatic heterocycles. The van der Waals surface area contributed by atoms with Gasteiger partial charge in [-0.1, -0.05) is 56.0 Å². The van der Waals surface area contributed by atoms with Gasteiger partial charge in [0, 0.05) is 48.8 Å². The molecule has 0 atom stereocenters. The third-order valence-corrected chi connectivity index (χ3v) is 9.77. The molecular weight excluding hydrogens is 1010 g/mol. The van der Waals surface area contributed by atoms with Crippen molar-refractivity contribution >= 4 is 71.6 Å². The minimum absolute atomic E-state index is 0. The minimum Gasteiger partial charge on any atom is -1.00 e. The van der Waals surface area contributed by atoms with Crippen molar-refractivity contribution < 1.29 is 50.0 Å². The molecule has 60 heavy (non-hydrogen) atoms. The van der Waals surface area contributed by atoms with Gasteiger partial charge in [0.25, 0.3) is 11.1 Å². The number of aromatic nitrogens is 4. The van der Waals surface area contributed by atoms with Crippen LogP contribution in [0, 0.1) is 18.8 Å². The Morgan fingerprint density at radius 2 is 1.08 bits per heavy atom. The first kappa shape index (κ1) is 52.0. The van der Waals surface area contributed by atoms with E-state index in [1.807, 2.05) is 45.2 Å². The van der Waals surface area contributed by atoms with Crippen molar-refractivity contribution in [2.24, 2.45) is 4.99 Å². The van der Waals surface area contributed by atoms with Gasteiger partial charge < -0.3 is 21.9 Å². The Balaban J connectivity index is 0.000000575. The molecular formula is C41H42BF2I2N7NaO6. The Morgan fingerprint density at radius 1 is 0.683 bits per heavy atom. The molecule has 19 heteroatoms. The number of anilines is 1. The van der Waals surface area contributed by atoms with Crippen LogP contribution < -0.4 is 57.4 Å². The molecule has 0 aliphatic carbocycles. The first-order valence-corrected chi connectivity index (χ1v) is 19.3. The minimum atomic E-state index is -0.695. The fraction of sp³-hybridized carbons (Fsp3) is 0.195. The van der Waals surface area contributed by atoms with Crippen molar-refractivity contribution in [2.45, 2.75) is 33.7 Å². The van der Waals surface area contributed by atoms with Crippen molar-refractivity contribution in [1.29, 1.82) is 0 Å². The van der Waals surface area contributed by atoms with E-state index in [9.17, 15) is 33.1 Å². The number of nitrogens with zero attached hydrogens (tertiary/aromatic N) is 6. The maximum atomic E-state index is 14.7. The Morgan fingerprint density at radius 3 is 1.48 bits per heavy atom. The van der Waals surface area contributed by atoms with Crippen molar-refractivity contribution in [3.05, 3.63) is 180 Å². The summed E-state index contributed by atoms with van der Waals surface area (Å²) < 4.78 is 34.9. The van der Waals surface area contributed by atoms with Crippen LogP contribution in [-0.2, 0) is 26.3 Å². The average molecular weight is 1050 g/mol. The fourth-order valence-electron chi connectivity index (χ4n) is 5.54. The standard InChI is InChI=1S/C21H20FIN4O3.C19H17FIN3O3.CH4.B.Na.H/c1-25(2)13-24-19-10-20(29)26(11-14-3-5-15(12-28)6-4-14)21(30)27(19)18-8-7-16(23)9-17(18)22;1-22-17-9-18(26)23(10-12-2-4-13(11-25)5-3-12)19(27)24(17)16-7-6-14(21)8-15(16)20;;;;/h3-10,13,28H,11-12H2,1-2H3;2-9,22,25H,10-11H2,1H3;1H4;;;/q;;;;+1;-1. The van der Waals surface area contributed by atoms with Crippen LogP contribution in [0.2, 0.25) is 0 Å². The van der Waals surface area contributed by atoms with Gasteiger partial charge in [-0.2, -0.15) is 0 Å². The van der Waals surface area contributed by atoms with Gasteiger partial charge in [0.15, 0.2) is 0 Å². The van der Waals surface area contributed by atoms with Crippen LogP contribution >= 0.6 is 45.2 Å². The van der Waals surface area contributed by atoms with E-state index >= 15 is 0 Å². The summed E-state index contributed by atoms with van der Waals surface area (Å²) in [5, 5.41) is 21.1. The summed E-state index contributed by atoms with van der Waals surface area (Å²) in [4.78, 5) is 57.2. The number of aliphatic hydroxyl groups excluding tert-OH is 2. The van der Waals surface area contributed by atoms with E-state index in [0.717, 1.165) is 35.0 Å². The summed E-state index contributed by atoms with van der Waals surface area (Å²) in [5.74, 6) is -0.913. The number of aliphatic hydroxyl groups is 2. The molecule has 0 fully saturated rings. The number of hydrogen-bond acceptors (Lipinski definition) is 8. The number of halogens is 4. The molecule has 0 bridgehead atoms. The van der Waals surface area contributed by atoms with E-state index < -0.39 is 34.1 Å². The Hall–Kier alpha value is -4.19. The Bertz CT molecular complexity index is 2680. The van der Waals surface area contributed by atoms with Crippen LogP contribution in [0.4, 0.5) is 20.4 Å². The van der Waals surface area contributed by atoms with Crippen LogP contribution in [0.5, 0.6) is 0 Å². The largest absolute Gasteiger partial charge is 1.00 e. The average Bonchev–Trinajstić information content (AvgIpc) is 3.18. The van der Waals surface area contributed by atoms with Gasteiger partial charge in [-0.05, 0) is 104 Å². The van der Waals surface area contributed by atoms with Gasteiger partial charge in [-0.15, -0.1) is 0 Å². The van der Waals surface area contributed by atoms with Gasteiger partial charge in [0.1, 0.15) is 23.3 Å². The number of rotatable bonds is 11. The second kappa shape index (κ2) is 23.7. The monoisotopic (exact) mass is 1050 g/mol. The third-order valence-electron chi connectivity index (χ3n) is 8.43. The van der Waals surface area contributed by atoms with Crippen molar-refractivity contribution in [2.75, 3.05) is 26.5 Å². The molecule has 2 aromatic heterocycles. The van der Waals surface area contributed by atoms with E-state index in [4.69, 9.17) is 5.11 Å². The predicted molar refractivity (Wildman–Crippen MR) is 246 cm³/mol. The van der Waals surface area contributed by atoms with E-state index in [0.29, 0.717) is 12.7 Å². The Labute approximate surface area is 397 Å². The molecule has 13 nitrogen and oxygen atoms in total. The van der Waals surface area contributed by atoms with E-state index in [1.54, 1.807) is 86.7 Å². The molecule has 6 rings (SSSR count). The summed E-state index contributed by atoms with van der Waals surface area (Å²) in [6, 6.07) is 25.3. The molecule has 6 aromatic rings. The molecule has 4 aromatic carbocycles. The smallest absolute Gasteiger partial charge is 1.00 e. The quantitative estimate of drug-likeness (QED) is 0.0773. The van der Waals surface area contributed by atoms with Gasteiger partial charge in [-0.3, -0.25) is 18.7 Å². The van der Waals surface area contributed by atoms with Crippen molar-refractivity contribution in [3.63, 3.8) is 0 Å². The zero-order valence-electron chi connectivity index (χ0n) is 33.4. The van der Waals surface area contributed by atoms with Gasteiger partial charge in [0.05, 0.1) is 44.0 Å². The van der Waals surface area contributed by atoms with Gasteiger partial charge in [-0.25, -0.2) is 32.5 Å². The number of nitrogens with one attached hydrogen (secondary N) is 1. The van der Waals surface area contributed by atoms with Crippen LogP contribution in [0.25, 0.3) is 11.4 Å². The van der Waals surface area contributed by atoms with E-state index in [-0.39, 0.29) is 96.1 Å². The van der Waals surface area contributed by atoms with Crippen molar-refractivity contribution in [1.82, 2.24) is 23.2 Å². The second-order valence-corrected chi connectivity index (χ2v) is 15.2. The van der Waals surface area contributed by atoms with Gasteiger partial charge in [0.2, 0.25) is 0 Å². The topological polar surface area (TPSA) is 156 Å². The summed E-state index contributed by atoms with van der Waals surface area (Å²) in [5.41, 5.74) is 0.580. The molecule has 0 saturated carbocycles. The van der Waals surface area contributed by atoms with Crippen LogP contribution in [0.3, 0.4) is 0 Å². The molecule has 3 radical (unpaired) electrons. The maximum absolute atomic E-state index is 14.7. The molecule has 0 saturated heterocycles. The number of benzene rings is 4. The first-order valence-electron chi connectivity index (χ1n) is 17.1. The molecule has 0 aliphatic rings. The molecule has 3 N–H and O–H groups in total. The summed E-state index contributed by atoms with van der Waals surface area (Å²) in [6.07, 6.45) is 1.44. The SMILES string of the molecule is C.CN(C)C=Nc1cc(=O)n(Cc2ccc(CO)cc2)c(=O)n1-c1ccc(I)cc1F.CNc1cc(=O)n(Cc2ccc(CO)cc2)c(=O)n1-c1ccc(I)cc1F.[B].[H-].[Na+]. The molecule has 309 valence electrons. The third kappa shape index (κ3) is 12.7. The van der Waals surface area contributed by atoms with Crippen LogP contribution in [-0.4, -0.2) is 69.3 Å². The predicted octanol–water partition coefficient (Wildman–Crippen LogP) is 2.20. The molecule has 0 spiro atoms.